The van der Waals surface area contributed by atoms with E-state index in [1.165, 1.54) is 0 Å². The van der Waals surface area contributed by atoms with Crippen LogP contribution in [0.3, 0.4) is 0 Å². The van der Waals surface area contributed by atoms with E-state index in [9.17, 15) is 0 Å². The third-order valence-electron chi connectivity index (χ3n) is 3.99. The second-order valence-electron chi connectivity index (χ2n) is 6.05. The van der Waals surface area contributed by atoms with Gasteiger partial charge in [-0.2, -0.15) is 15.0 Å². The van der Waals surface area contributed by atoms with E-state index in [1.807, 2.05) is 0 Å². The third kappa shape index (κ3) is 4.05. The molecule has 1 saturated carbocycles. The molecule has 1 fully saturated rings. The fourth-order valence-electron chi connectivity index (χ4n) is 2.97. The summed E-state index contributed by atoms with van der Waals surface area (Å²) in [5.74, 6) is 1.18. The molecular weight excluding hydrogens is 349 g/mol. The van der Waals surface area contributed by atoms with Crippen LogP contribution in [0.25, 0.3) is 0 Å². The number of hydrogen-bond acceptors (Lipinski definition) is 7. The molecule has 24 heavy (non-hydrogen) atoms. The first-order valence-corrected chi connectivity index (χ1v) is 8.41. The van der Waals surface area contributed by atoms with E-state index >= 15 is 0 Å². The topological polar surface area (TPSA) is 129 Å². The maximum atomic E-state index is 6.06. The summed E-state index contributed by atoms with van der Waals surface area (Å²) in [5, 5.41) is 3.98. The zero-order valence-electron chi connectivity index (χ0n) is 12.9. The summed E-state index contributed by atoms with van der Waals surface area (Å²) in [7, 11) is 0. The first kappa shape index (κ1) is 17.2. The van der Waals surface area contributed by atoms with Crippen molar-refractivity contribution < 1.29 is 0 Å². The lowest BCUT2D eigenvalue weighted by molar-refractivity contribution is 0.342. The second kappa shape index (κ2) is 7.06. The average Bonchev–Trinajstić information content (AvgIpc) is 2.49. The number of nitrogens with two attached hydrogens (primary N) is 3. The summed E-state index contributed by atoms with van der Waals surface area (Å²) in [4.78, 5) is 12.8. The minimum absolute atomic E-state index is 0.0446. The van der Waals surface area contributed by atoms with E-state index < -0.39 is 0 Å². The Morgan fingerprint density at radius 2 is 1.67 bits per heavy atom. The molecule has 1 unspecified atom stereocenters. The van der Waals surface area contributed by atoms with Gasteiger partial charge in [-0.05, 0) is 37.5 Å². The molecule has 0 aliphatic heterocycles. The van der Waals surface area contributed by atoms with Gasteiger partial charge < -0.3 is 22.5 Å². The van der Waals surface area contributed by atoms with E-state index in [4.69, 9.17) is 40.4 Å². The molecule has 1 aromatic carbocycles. The molecule has 1 aromatic heterocycles. The van der Waals surface area contributed by atoms with Crippen LogP contribution in [-0.4, -0.2) is 27.0 Å². The van der Waals surface area contributed by atoms with Crippen LogP contribution in [0, 0.1) is 0 Å². The molecule has 9 heteroatoms. The summed E-state index contributed by atoms with van der Waals surface area (Å²) in [5.41, 5.74) is 18.7. The molecule has 0 radical (unpaired) electrons. The molecule has 0 amide bonds. The van der Waals surface area contributed by atoms with E-state index in [1.54, 1.807) is 18.2 Å². The Morgan fingerprint density at radius 1 is 0.958 bits per heavy atom. The number of benzene rings is 1. The van der Waals surface area contributed by atoms with Crippen molar-refractivity contribution in [1.82, 2.24) is 15.0 Å². The molecule has 1 heterocycles. The molecule has 1 aliphatic carbocycles. The zero-order valence-corrected chi connectivity index (χ0v) is 14.4. The van der Waals surface area contributed by atoms with Gasteiger partial charge in [0, 0.05) is 23.7 Å². The van der Waals surface area contributed by atoms with Gasteiger partial charge in [-0.1, -0.05) is 23.2 Å². The quantitative estimate of drug-likeness (QED) is 0.655. The van der Waals surface area contributed by atoms with E-state index in [0.29, 0.717) is 27.5 Å². The summed E-state index contributed by atoms with van der Waals surface area (Å²) < 4.78 is 0. The highest BCUT2D eigenvalue weighted by Gasteiger charge is 2.28. The molecule has 2 aromatic rings. The van der Waals surface area contributed by atoms with Crippen LogP contribution in [0.4, 0.5) is 17.6 Å². The first-order chi connectivity index (χ1) is 11.4. The minimum Gasteiger partial charge on any atom is -0.368 e. The lowest BCUT2D eigenvalue weighted by atomic mass is 9.83. The van der Waals surface area contributed by atoms with E-state index in [2.05, 4.69) is 20.3 Å². The number of anilines is 3. The molecule has 1 aliphatic rings. The van der Waals surface area contributed by atoms with Gasteiger partial charge in [0.1, 0.15) is 5.82 Å². The fourth-order valence-corrected chi connectivity index (χ4v) is 3.27. The van der Waals surface area contributed by atoms with Gasteiger partial charge in [0.15, 0.2) is 0 Å². The van der Waals surface area contributed by atoms with Crippen molar-refractivity contribution in [2.24, 2.45) is 11.5 Å². The monoisotopic (exact) mass is 367 g/mol. The van der Waals surface area contributed by atoms with Crippen LogP contribution in [0.15, 0.2) is 18.2 Å². The van der Waals surface area contributed by atoms with Crippen molar-refractivity contribution in [1.29, 1.82) is 0 Å². The summed E-state index contributed by atoms with van der Waals surface area (Å²) >= 11 is 11.9. The SMILES string of the molecule is Nc1nc(Nc2ccc(Cl)c(Cl)c2)nc(C2C[C@@H](N)C[C@@H](N)C2)n1. The van der Waals surface area contributed by atoms with Gasteiger partial charge >= 0.3 is 0 Å². The Kier molecular flexibility index (Phi) is 5.05. The van der Waals surface area contributed by atoms with Gasteiger partial charge in [0.2, 0.25) is 11.9 Å². The van der Waals surface area contributed by atoms with Crippen molar-refractivity contribution in [3.05, 3.63) is 34.1 Å². The standard InChI is InChI=1S/C15H19Cl2N7/c16-11-2-1-10(6-12(11)17)21-15-23-13(22-14(20)24-15)7-3-8(18)5-9(19)4-7/h1-2,6-9H,3-5,18-19H2,(H3,20,21,22,23,24)/t7?,8-,9+. The fraction of sp³-hybridized carbons (Fsp3) is 0.400. The lowest BCUT2D eigenvalue weighted by Gasteiger charge is -2.30. The Morgan fingerprint density at radius 3 is 2.33 bits per heavy atom. The van der Waals surface area contributed by atoms with Crippen molar-refractivity contribution in [2.45, 2.75) is 37.3 Å². The highest BCUT2D eigenvalue weighted by atomic mass is 35.5. The maximum absolute atomic E-state index is 6.06. The molecule has 0 bridgehead atoms. The second-order valence-corrected chi connectivity index (χ2v) is 6.87. The highest BCUT2D eigenvalue weighted by molar-refractivity contribution is 6.42. The molecular formula is C15H19Cl2N7. The van der Waals surface area contributed by atoms with Crippen LogP contribution >= 0.6 is 23.2 Å². The molecule has 3 rings (SSSR count). The van der Waals surface area contributed by atoms with E-state index in [0.717, 1.165) is 19.3 Å². The Bertz CT molecular complexity index is 730. The predicted molar refractivity (Wildman–Crippen MR) is 96.5 cm³/mol. The molecule has 128 valence electrons. The average molecular weight is 368 g/mol. The van der Waals surface area contributed by atoms with Crippen LogP contribution in [0.1, 0.15) is 31.0 Å². The van der Waals surface area contributed by atoms with E-state index in [-0.39, 0.29) is 23.9 Å². The molecule has 0 spiro atoms. The van der Waals surface area contributed by atoms with Crippen LogP contribution in [0.2, 0.25) is 10.0 Å². The van der Waals surface area contributed by atoms with Crippen molar-refractivity contribution >= 4 is 40.8 Å². The lowest BCUT2D eigenvalue weighted by Crippen LogP contribution is -2.39. The smallest absolute Gasteiger partial charge is 0.232 e. The molecule has 7 nitrogen and oxygen atoms in total. The summed E-state index contributed by atoms with van der Waals surface area (Å²) in [6, 6.07) is 5.25. The van der Waals surface area contributed by atoms with Gasteiger partial charge in [0.25, 0.3) is 0 Å². The van der Waals surface area contributed by atoms with Crippen LogP contribution in [-0.2, 0) is 0 Å². The summed E-state index contributed by atoms with van der Waals surface area (Å²) in [6.07, 6.45) is 2.37. The Hall–Kier alpha value is -1.67. The number of rotatable bonds is 3. The number of halogens is 2. The molecule has 7 N–H and O–H groups in total. The van der Waals surface area contributed by atoms with Gasteiger partial charge in [-0.25, -0.2) is 0 Å². The predicted octanol–water partition coefficient (Wildman–Crippen LogP) is 2.43. The van der Waals surface area contributed by atoms with Crippen molar-refractivity contribution in [3.8, 4) is 0 Å². The van der Waals surface area contributed by atoms with Crippen molar-refractivity contribution in [3.63, 3.8) is 0 Å². The number of hydrogen-bond donors (Lipinski definition) is 4. The maximum Gasteiger partial charge on any atom is 0.232 e. The van der Waals surface area contributed by atoms with Crippen molar-refractivity contribution in [2.75, 3.05) is 11.1 Å². The van der Waals surface area contributed by atoms with Gasteiger partial charge in [-0.15, -0.1) is 0 Å². The molecule has 3 atom stereocenters. The van der Waals surface area contributed by atoms with Crippen LogP contribution in [0.5, 0.6) is 0 Å². The number of nitrogens with zero attached hydrogens (tertiary/aromatic N) is 3. The Labute approximate surface area is 150 Å². The normalized spacial score (nSPS) is 23.9. The number of nitrogen functional groups attached to an aromatic ring is 1. The molecule has 0 saturated heterocycles. The summed E-state index contributed by atoms with van der Waals surface area (Å²) in [6.45, 7) is 0. The third-order valence-corrected chi connectivity index (χ3v) is 4.73. The highest BCUT2D eigenvalue weighted by Crippen LogP contribution is 2.31. The van der Waals surface area contributed by atoms with Crippen LogP contribution < -0.4 is 22.5 Å². The zero-order chi connectivity index (χ0) is 17.3. The van der Waals surface area contributed by atoms with Gasteiger partial charge in [0.05, 0.1) is 10.0 Å². The number of aromatic nitrogens is 3. The Balaban J connectivity index is 1.84. The minimum atomic E-state index is 0.0446. The largest absolute Gasteiger partial charge is 0.368 e. The first-order valence-electron chi connectivity index (χ1n) is 7.65. The number of nitrogens with one attached hydrogen (secondary N) is 1. The van der Waals surface area contributed by atoms with Gasteiger partial charge in [-0.3, -0.25) is 0 Å².